The molecule has 2 N–H and O–H groups in total. The molecule has 2 aromatic carbocycles. The molecule has 2 aromatic heterocycles. The van der Waals surface area contributed by atoms with E-state index in [1.807, 2.05) is 50.5 Å². The molecule has 4 aromatic rings. The maximum atomic E-state index is 12.6. The van der Waals surface area contributed by atoms with Crippen molar-refractivity contribution in [3.8, 4) is 11.1 Å². The molecule has 0 radical (unpaired) electrons. The fraction of sp³-hybridized carbons (Fsp3) is 0.261. The van der Waals surface area contributed by atoms with Crippen molar-refractivity contribution in [3.05, 3.63) is 54.4 Å². The first kappa shape index (κ1) is 18.9. The van der Waals surface area contributed by atoms with Gasteiger partial charge in [0.25, 0.3) is 0 Å². The van der Waals surface area contributed by atoms with Crippen LogP contribution in [-0.4, -0.2) is 26.1 Å². The summed E-state index contributed by atoms with van der Waals surface area (Å²) in [6.07, 6.45) is 1.43. The number of benzene rings is 2. The van der Waals surface area contributed by atoms with Crippen molar-refractivity contribution < 1.29 is 9.53 Å². The number of esters is 1. The molecule has 0 fully saturated rings. The quantitative estimate of drug-likeness (QED) is 0.523. The fourth-order valence-electron chi connectivity index (χ4n) is 3.74. The first-order valence-electron chi connectivity index (χ1n) is 9.55. The van der Waals surface area contributed by atoms with Crippen LogP contribution in [0.5, 0.6) is 0 Å². The summed E-state index contributed by atoms with van der Waals surface area (Å²) in [6.45, 7) is 7.65. The molecule has 0 aliphatic carbocycles. The molecule has 0 unspecified atom stereocenters. The Morgan fingerprint density at radius 1 is 1.10 bits per heavy atom. The van der Waals surface area contributed by atoms with Gasteiger partial charge in [0.2, 0.25) is 0 Å². The van der Waals surface area contributed by atoms with E-state index in [0.717, 1.165) is 33.0 Å². The second kappa shape index (κ2) is 6.88. The molecular formula is C23H24N4O2. The summed E-state index contributed by atoms with van der Waals surface area (Å²) >= 11 is 0. The Kier molecular flexibility index (Phi) is 4.49. The largest absolute Gasteiger partial charge is 0.459 e. The van der Waals surface area contributed by atoms with Gasteiger partial charge in [-0.1, -0.05) is 30.3 Å². The molecule has 0 bridgehead atoms. The number of anilines is 1. The van der Waals surface area contributed by atoms with Crippen molar-refractivity contribution >= 4 is 33.7 Å². The normalized spacial score (nSPS) is 11.9. The first-order chi connectivity index (χ1) is 13.7. The Balaban J connectivity index is 1.96. The standard InChI is InChI=1S/C23H24N4O2/c1-14-10-16(15-8-6-5-7-9-15)11-17-19-21(24)25-13-26-22(19)27(20(14)17)12-18(28)29-23(2,3)4/h5-11,13H,12H2,1-4H3,(H2,24,25,26). The number of rotatable bonds is 3. The van der Waals surface area contributed by atoms with Gasteiger partial charge in [0.1, 0.15) is 29.9 Å². The molecular weight excluding hydrogens is 364 g/mol. The number of aryl methyl sites for hydroxylation is 1. The summed E-state index contributed by atoms with van der Waals surface area (Å²) < 4.78 is 7.41. The molecule has 0 aliphatic heterocycles. The molecule has 0 aliphatic rings. The van der Waals surface area contributed by atoms with Gasteiger partial charge in [-0.15, -0.1) is 0 Å². The lowest BCUT2D eigenvalue weighted by Gasteiger charge is -2.20. The van der Waals surface area contributed by atoms with Gasteiger partial charge in [-0.25, -0.2) is 9.97 Å². The summed E-state index contributed by atoms with van der Waals surface area (Å²) in [7, 11) is 0. The number of hydrogen-bond acceptors (Lipinski definition) is 5. The Morgan fingerprint density at radius 2 is 1.83 bits per heavy atom. The van der Waals surface area contributed by atoms with Crippen LogP contribution in [0.4, 0.5) is 5.82 Å². The molecule has 29 heavy (non-hydrogen) atoms. The average Bonchev–Trinajstić information content (AvgIpc) is 2.96. The van der Waals surface area contributed by atoms with E-state index in [1.165, 1.54) is 6.33 Å². The van der Waals surface area contributed by atoms with Gasteiger partial charge in [0.15, 0.2) is 0 Å². The molecule has 6 nitrogen and oxygen atoms in total. The van der Waals surface area contributed by atoms with Crippen molar-refractivity contribution in [2.75, 3.05) is 5.73 Å². The number of carbonyl (C=O) groups is 1. The highest BCUT2D eigenvalue weighted by atomic mass is 16.6. The van der Waals surface area contributed by atoms with Crippen LogP contribution in [0.2, 0.25) is 0 Å². The number of nitrogen functional groups attached to an aromatic ring is 1. The number of nitrogens with zero attached hydrogens (tertiary/aromatic N) is 3. The van der Waals surface area contributed by atoms with E-state index in [4.69, 9.17) is 10.5 Å². The van der Waals surface area contributed by atoms with Gasteiger partial charge < -0.3 is 15.0 Å². The summed E-state index contributed by atoms with van der Waals surface area (Å²) in [4.78, 5) is 21.2. The minimum absolute atomic E-state index is 0.0548. The van der Waals surface area contributed by atoms with E-state index >= 15 is 0 Å². The van der Waals surface area contributed by atoms with E-state index in [1.54, 1.807) is 0 Å². The van der Waals surface area contributed by atoms with Gasteiger partial charge in [0, 0.05) is 5.39 Å². The monoisotopic (exact) mass is 388 g/mol. The van der Waals surface area contributed by atoms with Gasteiger partial charge in [-0.05, 0) is 56.5 Å². The topological polar surface area (TPSA) is 83.0 Å². The van der Waals surface area contributed by atoms with Crippen molar-refractivity contribution in [1.29, 1.82) is 0 Å². The van der Waals surface area contributed by atoms with Crippen LogP contribution in [0.3, 0.4) is 0 Å². The zero-order valence-electron chi connectivity index (χ0n) is 17.1. The first-order valence-corrected chi connectivity index (χ1v) is 9.55. The lowest BCUT2D eigenvalue weighted by atomic mass is 10.00. The van der Waals surface area contributed by atoms with Crippen LogP contribution < -0.4 is 5.73 Å². The Morgan fingerprint density at radius 3 is 2.52 bits per heavy atom. The minimum Gasteiger partial charge on any atom is -0.459 e. The summed E-state index contributed by atoms with van der Waals surface area (Å²) in [5.74, 6) is 0.0765. The van der Waals surface area contributed by atoms with Crippen LogP contribution in [0.15, 0.2) is 48.8 Å². The van der Waals surface area contributed by atoms with Gasteiger partial charge in [0.05, 0.1) is 10.9 Å². The molecule has 6 heteroatoms. The van der Waals surface area contributed by atoms with Gasteiger partial charge in [-0.2, -0.15) is 0 Å². The van der Waals surface area contributed by atoms with Crippen LogP contribution >= 0.6 is 0 Å². The van der Waals surface area contributed by atoms with E-state index in [9.17, 15) is 4.79 Å². The summed E-state index contributed by atoms with van der Waals surface area (Å²) in [5.41, 5.74) is 10.4. The Hall–Kier alpha value is -3.41. The predicted octanol–water partition coefficient (Wildman–Crippen LogP) is 4.48. The average molecular weight is 388 g/mol. The predicted molar refractivity (Wildman–Crippen MR) is 115 cm³/mol. The fourth-order valence-corrected chi connectivity index (χ4v) is 3.74. The summed E-state index contributed by atoms with van der Waals surface area (Å²) in [5, 5.41) is 1.69. The minimum atomic E-state index is -0.556. The van der Waals surface area contributed by atoms with Crippen LogP contribution in [0.1, 0.15) is 26.3 Å². The van der Waals surface area contributed by atoms with Crippen LogP contribution in [-0.2, 0) is 16.1 Å². The highest BCUT2D eigenvalue weighted by Crippen LogP contribution is 2.36. The lowest BCUT2D eigenvalue weighted by molar-refractivity contribution is -0.155. The number of aromatic nitrogens is 3. The highest BCUT2D eigenvalue weighted by Gasteiger charge is 2.22. The molecule has 0 atom stereocenters. The van der Waals surface area contributed by atoms with E-state index in [0.29, 0.717) is 11.5 Å². The van der Waals surface area contributed by atoms with E-state index in [-0.39, 0.29) is 12.5 Å². The third-order valence-electron chi connectivity index (χ3n) is 4.77. The molecule has 0 spiro atoms. The number of nitrogens with two attached hydrogens (primary N) is 1. The van der Waals surface area contributed by atoms with Crippen LogP contribution in [0.25, 0.3) is 33.1 Å². The molecule has 148 valence electrons. The van der Waals surface area contributed by atoms with Crippen molar-refractivity contribution in [2.24, 2.45) is 0 Å². The summed E-state index contributed by atoms with van der Waals surface area (Å²) in [6, 6.07) is 14.4. The maximum Gasteiger partial charge on any atom is 0.326 e. The second-order valence-corrected chi connectivity index (χ2v) is 8.19. The van der Waals surface area contributed by atoms with Crippen molar-refractivity contribution in [2.45, 2.75) is 39.8 Å². The third-order valence-corrected chi connectivity index (χ3v) is 4.77. The lowest BCUT2D eigenvalue weighted by Crippen LogP contribution is -2.26. The van der Waals surface area contributed by atoms with Gasteiger partial charge >= 0.3 is 5.97 Å². The Bertz CT molecular complexity index is 1220. The molecule has 2 heterocycles. The van der Waals surface area contributed by atoms with Crippen LogP contribution in [0, 0.1) is 6.92 Å². The number of carbonyl (C=O) groups excluding carboxylic acids is 1. The van der Waals surface area contributed by atoms with E-state index in [2.05, 4.69) is 34.2 Å². The number of hydrogen-bond donors (Lipinski definition) is 1. The molecule has 0 amide bonds. The molecule has 4 rings (SSSR count). The SMILES string of the molecule is Cc1cc(-c2ccccc2)cc2c3c(N)ncnc3n(CC(=O)OC(C)(C)C)c12. The zero-order valence-corrected chi connectivity index (χ0v) is 17.1. The maximum absolute atomic E-state index is 12.6. The Labute approximate surface area is 169 Å². The van der Waals surface area contributed by atoms with E-state index < -0.39 is 5.60 Å². The number of ether oxygens (including phenoxy) is 1. The zero-order chi connectivity index (χ0) is 20.8. The van der Waals surface area contributed by atoms with Gasteiger partial charge in [-0.3, -0.25) is 4.79 Å². The highest BCUT2D eigenvalue weighted by molar-refractivity contribution is 6.13. The van der Waals surface area contributed by atoms with Crippen molar-refractivity contribution in [3.63, 3.8) is 0 Å². The second-order valence-electron chi connectivity index (χ2n) is 8.19. The third kappa shape index (κ3) is 3.53. The molecule has 0 saturated carbocycles. The number of fused-ring (bicyclic) bond motifs is 3. The van der Waals surface area contributed by atoms with Crippen molar-refractivity contribution in [1.82, 2.24) is 14.5 Å². The molecule has 0 saturated heterocycles. The smallest absolute Gasteiger partial charge is 0.326 e.